The van der Waals surface area contributed by atoms with Crippen LogP contribution in [0.5, 0.6) is 0 Å². The number of carbonyl (C=O) groups excluding carboxylic acids is 1. The van der Waals surface area contributed by atoms with Crippen LogP contribution in [0.1, 0.15) is 5.56 Å². The van der Waals surface area contributed by atoms with Crippen LogP contribution < -0.4 is 5.32 Å². The Hall–Kier alpha value is -1.50. The van der Waals surface area contributed by atoms with Gasteiger partial charge in [-0.2, -0.15) is 0 Å². The molecule has 0 aliphatic heterocycles. The second kappa shape index (κ2) is 6.10. The fourth-order valence-electron chi connectivity index (χ4n) is 1.63. The van der Waals surface area contributed by atoms with Gasteiger partial charge in [-0.3, -0.25) is 4.79 Å². The lowest BCUT2D eigenvalue weighted by Gasteiger charge is -2.06. The molecule has 0 unspecified atom stereocenters. The highest BCUT2D eigenvalue weighted by Crippen LogP contribution is 2.15. The molecular formula is C14H10F2INO. The second-order valence-corrected chi connectivity index (χ2v) is 5.19. The Morgan fingerprint density at radius 1 is 1.16 bits per heavy atom. The Bertz CT molecular complexity index is 616. The first-order chi connectivity index (χ1) is 9.06. The zero-order valence-electron chi connectivity index (χ0n) is 9.79. The van der Waals surface area contributed by atoms with E-state index >= 15 is 0 Å². The number of benzene rings is 2. The molecule has 19 heavy (non-hydrogen) atoms. The Kier molecular flexibility index (Phi) is 4.47. The molecule has 0 radical (unpaired) electrons. The van der Waals surface area contributed by atoms with Gasteiger partial charge in [-0.05, 0) is 46.9 Å². The van der Waals surface area contributed by atoms with Crippen molar-refractivity contribution in [3.05, 3.63) is 63.2 Å². The molecule has 0 aromatic heterocycles. The van der Waals surface area contributed by atoms with Crippen LogP contribution in [0.3, 0.4) is 0 Å². The SMILES string of the molecule is O=C(Cc1cccc(F)c1F)Nc1cccc(I)c1. The van der Waals surface area contributed by atoms with E-state index in [1.165, 1.54) is 12.1 Å². The third-order valence-electron chi connectivity index (χ3n) is 2.49. The fourth-order valence-corrected chi connectivity index (χ4v) is 2.17. The van der Waals surface area contributed by atoms with Gasteiger partial charge in [0.2, 0.25) is 5.91 Å². The van der Waals surface area contributed by atoms with E-state index in [-0.39, 0.29) is 17.9 Å². The minimum Gasteiger partial charge on any atom is -0.326 e. The third-order valence-corrected chi connectivity index (χ3v) is 3.16. The predicted octanol–water partition coefficient (Wildman–Crippen LogP) is 3.75. The molecule has 0 saturated heterocycles. The van der Waals surface area contributed by atoms with Crippen molar-refractivity contribution >= 4 is 34.2 Å². The highest BCUT2D eigenvalue weighted by Gasteiger charge is 2.11. The lowest BCUT2D eigenvalue weighted by molar-refractivity contribution is -0.115. The van der Waals surface area contributed by atoms with E-state index in [1.54, 1.807) is 18.2 Å². The maximum atomic E-state index is 13.4. The van der Waals surface area contributed by atoms with Crippen LogP contribution in [0.15, 0.2) is 42.5 Å². The molecule has 0 bridgehead atoms. The summed E-state index contributed by atoms with van der Waals surface area (Å²) in [5, 5.41) is 2.65. The number of hydrogen-bond acceptors (Lipinski definition) is 1. The van der Waals surface area contributed by atoms with Gasteiger partial charge in [0.05, 0.1) is 6.42 Å². The van der Waals surface area contributed by atoms with Crippen LogP contribution in [-0.4, -0.2) is 5.91 Å². The van der Waals surface area contributed by atoms with Gasteiger partial charge >= 0.3 is 0 Å². The average Bonchev–Trinajstić information content (AvgIpc) is 2.35. The van der Waals surface area contributed by atoms with E-state index in [9.17, 15) is 13.6 Å². The number of halogens is 3. The van der Waals surface area contributed by atoms with Crippen molar-refractivity contribution in [1.29, 1.82) is 0 Å². The number of amides is 1. The van der Waals surface area contributed by atoms with Crippen molar-refractivity contribution in [2.75, 3.05) is 5.32 Å². The molecule has 0 fully saturated rings. The minimum absolute atomic E-state index is 0.0446. The molecule has 0 saturated carbocycles. The molecular weight excluding hydrogens is 363 g/mol. The van der Waals surface area contributed by atoms with Crippen molar-refractivity contribution in [3.8, 4) is 0 Å². The third kappa shape index (κ3) is 3.73. The molecule has 0 heterocycles. The van der Waals surface area contributed by atoms with Gasteiger partial charge in [-0.15, -0.1) is 0 Å². The summed E-state index contributed by atoms with van der Waals surface area (Å²) in [4.78, 5) is 11.8. The molecule has 0 aliphatic rings. The molecule has 0 atom stereocenters. The van der Waals surface area contributed by atoms with Crippen LogP contribution in [0.25, 0.3) is 0 Å². The smallest absolute Gasteiger partial charge is 0.228 e. The molecule has 98 valence electrons. The molecule has 2 aromatic rings. The lowest BCUT2D eigenvalue weighted by Crippen LogP contribution is -2.15. The van der Waals surface area contributed by atoms with E-state index in [2.05, 4.69) is 27.9 Å². The summed E-state index contributed by atoms with van der Waals surface area (Å²) in [5.41, 5.74) is 0.678. The molecule has 0 spiro atoms. The summed E-state index contributed by atoms with van der Waals surface area (Å²) in [6, 6.07) is 11.0. The van der Waals surface area contributed by atoms with Gasteiger partial charge in [0.1, 0.15) is 0 Å². The Morgan fingerprint density at radius 2 is 1.89 bits per heavy atom. The Morgan fingerprint density at radius 3 is 2.63 bits per heavy atom. The van der Waals surface area contributed by atoms with E-state index in [0.29, 0.717) is 5.69 Å². The molecule has 5 heteroatoms. The Labute approximate surface area is 123 Å². The summed E-state index contributed by atoms with van der Waals surface area (Å²) < 4.78 is 27.4. The van der Waals surface area contributed by atoms with Crippen LogP contribution in [0.4, 0.5) is 14.5 Å². The quantitative estimate of drug-likeness (QED) is 0.816. The number of rotatable bonds is 3. The molecule has 2 aromatic carbocycles. The molecule has 2 nitrogen and oxygen atoms in total. The number of anilines is 1. The van der Waals surface area contributed by atoms with Crippen molar-refractivity contribution in [3.63, 3.8) is 0 Å². The van der Waals surface area contributed by atoms with Crippen LogP contribution in [-0.2, 0) is 11.2 Å². The average molecular weight is 373 g/mol. The predicted molar refractivity (Wildman–Crippen MR) is 77.9 cm³/mol. The van der Waals surface area contributed by atoms with E-state index in [1.807, 2.05) is 6.07 Å². The number of carbonyl (C=O) groups is 1. The van der Waals surface area contributed by atoms with Crippen LogP contribution in [0.2, 0.25) is 0 Å². The van der Waals surface area contributed by atoms with Gasteiger partial charge in [0.25, 0.3) is 0 Å². The van der Waals surface area contributed by atoms with E-state index < -0.39 is 11.6 Å². The van der Waals surface area contributed by atoms with Crippen molar-refractivity contribution in [1.82, 2.24) is 0 Å². The molecule has 2 rings (SSSR count). The summed E-state index contributed by atoms with van der Waals surface area (Å²) in [7, 11) is 0. The second-order valence-electron chi connectivity index (χ2n) is 3.95. The molecule has 0 aliphatic carbocycles. The van der Waals surface area contributed by atoms with Gasteiger partial charge in [0.15, 0.2) is 11.6 Å². The van der Waals surface area contributed by atoms with Crippen LogP contribution in [0, 0.1) is 15.2 Å². The maximum absolute atomic E-state index is 13.4. The zero-order chi connectivity index (χ0) is 13.8. The van der Waals surface area contributed by atoms with Crippen LogP contribution >= 0.6 is 22.6 Å². The van der Waals surface area contributed by atoms with E-state index in [4.69, 9.17) is 0 Å². The first-order valence-corrected chi connectivity index (χ1v) is 6.62. The minimum atomic E-state index is -0.972. The normalized spacial score (nSPS) is 10.3. The van der Waals surface area contributed by atoms with Gasteiger partial charge in [0, 0.05) is 14.8 Å². The topological polar surface area (TPSA) is 29.1 Å². The summed E-state index contributed by atoms with van der Waals surface area (Å²) in [6.07, 6.45) is -0.199. The fraction of sp³-hybridized carbons (Fsp3) is 0.0714. The van der Waals surface area contributed by atoms with E-state index in [0.717, 1.165) is 9.64 Å². The monoisotopic (exact) mass is 373 g/mol. The summed E-state index contributed by atoms with van der Waals surface area (Å²) in [5.74, 6) is -2.30. The molecule has 1 N–H and O–H groups in total. The number of hydrogen-bond donors (Lipinski definition) is 1. The summed E-state index contributed by atoms with van der Waals surface area (Å²) >= 11 is 2.12. The van der Waals surface area contributed by atoms with Gasteiger partial charge < -0.3 is 5.32 Å². The maximum Gasteiger partial charge on any atom is 0.228 e. The number of nitrogens with one attached hydrogen (secondary N) is 1. The van der Waals surface area contributed by atoms with Crippen molar-refractivity contribution < 1.29 is 13.6 Å². The largest absolute Gasteiger partial charge is 0.326 e. The van der Waals surface area contributed by atoms with Crippen molar-refractivity contribution in [2.24, 2.45) is 0 Å². The highest BCUT2D eigenvalue weighted by molar-refractivity contribution is 14.1. The Balaban J connectivity index is 2.08. The molecule has 1 amide bonds. The zero-order valence-corrected chi connectivity index (χ0v) is 11.9. The highest BCUT2D eigenvalue weighted by atomic mass is 127. The first kappa shape index (κ1) is 13.9. The summed E-state index contributed by atoms with van der Waals surface area (Å²) in [6.45, 7) is 0. The standard InChI is InChI=1S/C14H10F2INO/c15-12-6-1-3-9(14(12)16)7-13(19)18-11-5-2-4-10(17)8-11/h1-6,8H,7H2,(H,18,19). The van der Waals surface area contributed by atoms with Crippen molar-refractivity contribution in [2.45, 2.75) is 6.42 Å². The van der Waals surface area contributed by atoms with Gasteiger partial charge in [-0.1, -0.05) is 18.2 Å². The first-order valence-electron chi connectivity index (χ1n) is 5.54. The van der Waals surface area contributed by atoms with Gasteiger partial charge in [-0.25, -0.2) is 8.78 Å². The lowest BCUT2D eigenvalue weighted by atomic mass is 10.1.